The number of nitrogens with one attached hydrogen (secondary N) is 1. The Hall–Kier alpha value is -1.85. The van der Waals surface area contributed by atoms with Crippen molar-refractivity contribution in [1.29, 1.82) is 0 Å². The van der Waals surface area contributed by atoms with Crippen molar-refractivity contribution in [3.63, 3.8) is 0 Å². The van der Waals surface area contributed by atoms with E-state index in [1.54, 1.807) is 12.1 Å². The van der Waals surface area contributed by atoms with Crippen LogP contribution in [0, 0.1) is 0 Å². The van der Waals surface area contributed by atoms with Gasteiger partial charge in [0.25, 0.3) is 0 Å². The van der Waals surface area contributed by atoms with E-state index in [0.29, 0.717) is 23.3 Å². The molecule has 2 N–H and O–H groups in total. The van der Waals surface area contributed by atoms with Gasteiger partial charge in [-0.3, -0.25) is 0 Å². The van der Waals surface area contributed by atoms with E-state index >= 15 is 0 Å². The molecule has 20 heavy (non-hydrogen) atoms. The maximum atomic E-state index is 11.4. The van der Waals surface area contributed by atoms with Crippen LogP contribution in [0.5, 0.6) is 0 Å². The molecule has 0 spiro atoms. The van der Waals surface area contributed by atoms with Crippen molar-refractivity contribution in [3.8, 4) is 0 Å². The molecular weight excluding hydrogens is 258 g/mol. The van der Waals surface area contributed by atoms with Crippen molar-refractivity contribution in [2.24, 2.45) is 0 Å². The van der Waals surface area contributed by atoms with Gasteiger partial charge in [0.1, 0.15) is 16.9 Å². The second-order valence-corrected chi connectivity index (χ2v) is 4.97. The Morgan fingerprint density at radius 1 is 1.40 bits per heavy atom. The second-order valence-electron chi connectivity index (χ2n) is 4.97. The molecule has 1 unspecified atom stereocenters. The van der Waals surface area contributed by atoms with Gasteiger partial charge in [-0.2, -0.15) is 0 Å². The summed E-state index contributed by atoms with van der Waals surface area (Å²) in [6, 6.07) is 7.20. The lowest BCUT2D eigenvalue weighted by atomic mass is 10.1. The first-order valence-corrected chi connectivity index (χ1v) is 6.81. The molecular formula is C15H17NO4. The highest BCUT2D eigenvalue weighted by Gasteiger charge is 2.20. The van der Waals surface area contributed by atoms with Crippen LogP contribution in [0.15, 0.2) is 28.7 Å². The van der Waals surface area contributed by atoms with Crippen LogP contribution >= 0.6 is 0 Å². The highest BCUT2D eigenvalue weighted by molar-refractivity contribution is 6.03. The minimum atomic E-state index is -0.955. The predicted octanol–water partition coefficient (Wildman–Crippen LogP) is 2.40. The van der Waals surface area contributed by atoms with Gasteiger partial charge < -0.3 is 19.6 Å². The lowest BCUT2D eigenvalue weighted by molar-refractivity contribution is 0.0696. The quantitative estimate of drug-likeness (QED) is 0.876. The lowest BCUT2D eigenvalue weighted by Gasteiger charge is -2.09. The third-order valence-electron chi connectivity index (χ3n) is 3.56. The molecule has 1 atom stereocenters. The van der Waals surface area contributed by atoms with E-state index < -0.39 is 5.97 Å². The summed E-state index contributed by atoms with van der Waals surface area (Å²) in [5.41, 5.74) is 0.860. The van der Waals surface area contributed by atoms with Crippen molar-refractivity contribution in [2.45, 2.75) is 25.5 Å². The average Bonchev–Trinajstić information content (AvgIpc) is 3.05. The molecule has 106 valence electrons. The van der Waals surface area contributed by atoms with Crippen LogP contribution in [0.3, 0.4) is 0 Å². The first kappa shape index (κ1) is 13.1. The number of rotatable bonds is 5. The van der Waals surface area contributed by atoms with Gasteiger partial charge in [0.05, 0.1) is 12.6 Å². The van der Waals surface area contributed by atoms with Gasteiger partial charge in [-0.25, -0.2) is 4.79 Å². The van der Waals surface area contributed by atoms with Crippen molar-refractivity contribution >= 4 is 16.9 Å². The first-order valence-electron chi connectivity index (χ1n) is 6.81. The molecule has 0 saturated carbocycles. The Balaban J connectivity index is 1.76. The van der Waals surface area contributed by atoms with Crippen molar-refractivity contribution < 1.29 is 19.1 Å². The second kappa shape index (κ2) is 5.64. The molecule has 1 fully saturated rings. The Labute approximate surface area is 116 Å². The number of carboxylic acids is 1. The van der Waals surface area contributed by atoms with E-state index in [9.17, 15) is 9.90 Å². The molecule has 1 aromatic heterocycles. The zero-order chi connectivity index (χ0) is 13.9. The molecule has 0 amide bonds. The summed E-state index contributed by atoms with van der Waals surface area (Å²) >= 11 is 0. The van der Waals surface area contributed by atoms with E-state index in [1.807, 2.05) is 12.1 Å². The lowest BCUT2D eigenvalue weighted by Crippen LogP contribution is -2.26. The van der Waals surface area contributed by atoms with Gasteiger partial charge in [0.15, 0.2) is 0 Å². The molecule has 5 nitrogen and oxygen atoms in total. The number of carboxylic acid groups (broad SMARTS) is 1. The zero-order valence-electron chi connectivity index (χ0n) is 11.1. The normalized spacial score (nSPS) is 18.7. The van der Waals surface area contributed by atoms with Gasteiger partial charge >= 0.3 is 5.97 Å². The maximum Gasteiger partial charge on any atom is 0.339 e. The van der Waals surface area contributed by atoms with Crippen molar-refractivity contribution in [1.82, 2.24) is 5.32 Å². The summed E-state index contributed by atoms with van der Waals surface area (Å²) in [7, 11) is 0. The smallest absolute Gasteiger partial charge is 0.339 e. The van der Waals surface area contributed by atoms with E-state index in [1.165, 1.54) is 0 Å². The summed E-state index contributed by atoms with van der Waals surface area (Å²) < 4.78 is 11.2. The van der Waals surface area contributed by atoms with E-state index in [-0.39, 0.29) is 11.7 Å². The van der Waals surface area contributed by atoms with Crippen molar-refractivity contribution in [3.05, 3.63) is 35.6 Å². The molecule has 2 aromatic rings. The Bertz CT molecular complexity index is 613. The van der Waals surface area contributed by atoms with Crippen molar-refractivity contribution in [2.75, 3.05) is 13.2 Å². The average molecular weight is 275 g/mol. The Morgan fingerprint density at radius 2 is 2.25 bits per heavy atom. The SMILES string of the molecule is O=C(O)c1c(CNCC2CCCO2)oc2ccccc12. The molecule has 3 rings (SSSR count). The summed E-state index contributed by atoms with van der Waals surface area (Å²) in [6.07, 6.45) is 2.38. The molecule has 0 radical (unpaired) electrons. The number of hydrogen-bond donors (Lipinski definition) is 2. The van der Waals surface area contributed by atoms with E-state index in [4.69, 9.17) is 9.15 Å². The minimum absolute atomic E-state index is 0.229. The van der Waals surface area contributed by atoms with Crippen LogP contribution in [0.25, 0.3) is 11.0 Å². The minimum Gasteiger partial charge on any atom is -0.478 e. The van der Waals surface area contributed by atoms with E-state index in [2.05, 4.69) is 5.32 Å². The van der Waals surface area contributed by atoms with Crippen LogP contribution in [0.4, 0.5) is 0 Å². The molecule has 0 bridgehead atoms. The number of aromatic carboxylic acids is 1. The standard InChI is InChI=1S/C15H17NO4/c17-15(18)14-11-5-1-2-6-12(11)20-13(14)9-16-8-10-4-3-7-19-10/h1-2,5-6,10,16H,3-4,7-9H2,(H,17,18). The largest absolute Gasteiger partial charge is 0.478 e. The van der Waals surface area contributed by atoms with Gasteiger partial charge in [0.2, 0.25) is 0 Å². The zero-order valence-corrected chi connectivity index (χ0v) is 11.1. The van der Waals surface area contributed by atoms with Crippen LogP contribution in [0.1, 0.15) is 29.0 Å². The first-order chi connectivity index (χ1) is 9.75. The molecule has 5 heteroatoms. The van der Waals surface area contributed by atoms with Gasteiger partial charge in [-0.1, -0.05) is 18.2 Å². The number of para-hydroxylation sites is 1. The van der Waals surface area contributed by atoms with E-state index in [0.717, 1.165) is 26.0 Å². The predicted molar refractivity (Wildman–Crippen MR) is 73.9 cm³/mol. The fraction of sp³-hybridized carbons (Fsp3) is 0.400. The number of carbonyl (C=O) groups is 1. The number of benzene rings is 1. The van der Waals surface area contributed by atoms with Crippen LogP contribution in [0.2, 0.25) is 0 Å². The molecule has 2 heterocycles. The highest BCUT2D eigenvalue weighted by Crippen LogP contribution is 2.25. The summed E-state index contributed by atoms with van der Waals surface area (Å²) in [4.78, 5) is 11.4. The van der Waals surface area contributed by atoms with Gasteiger partial charge in [-0.05, 0) is 18.9 Å². The van der Waals surface area contributed by atoms with Gasteiger partial charge in [0, 0.05) is 18.5 Å². The van der Waals surface area contributed by atoms with Gasteiger partial charge in [-0.15, -0.1) is 0 Å². The van der Waals surface area contributed by atoms with Crippen LogP contribution < -0.4 is 5.32 Å². The highest BCUT2D eigenvalue weighted by atomic mass is 16.5. The Kier molecular flexibility index (Phi) is 3.71. The number of ether oxygens (including phenoxy) is 1. The third-order valence-corrected chi connectivity index (χ3v) is 3.56. The van der Waals surface area contributed by atoms with Crippen LogP contribution in [-0.2, 0) is 11.3 Å². The third kappa shape index (κ3) is 2.55. The summed E-state index contributed by atoms with van der Waals surface area (Å²) in [5.74, 6) is -0.486. The fourth-order valence-corrected chi connectivity index (χ4v) is 2.61. The molecule has 1 aromatic carbocycles. The summed E-state index contributed by atoms with van der Waals surface area (Å²) in [6.45, 7) is 1.93. The number of fused-ring (bicyclic) bond motifs is 1. The molecule has 1 saturated heterocycles. The fourth-order valence-electron chi connectivity index (χ4n) is 2.61. The molecule has 0 aliphatic carbocycles. The van der Waals surface area contributed by atoms with Crippen LogP contribution in [-0.4, -0.2) is 30.3 Å². The molecule has 1 aliphatic rings. The number of hydrogen-bond acceptors (Lipinski definition) is 4. The maximum absolute atomic E-state index is 11.4. The summed E-state index contributed by atoms with van der Waals surface area (Å²) in [5, 5.41) is 13.2. The monoisotopic (exact) mass is 275 g/mol. The number of furan rings is 1. The Morgan fingerprint density at radius 3 is 3.00 bits per heavy atom. The topological polar surface area (TPSA) is 71.7 Å². The molecule has 1 aliphatic heterocycles.